The van der Waals surface area contributed by atoms with E-state index in [1.54, 1.807) is 0 Å². The van der Waals surface area contributed by atoms with Crippen molar-refractivity contribution in [2.75, 3.05) is 0 Å². The minimum atomic E-state index is -0.873. The number of hydrogen-bond donors (Lipinski definition) is 2. The Morgan fingerprint density at radius 3 is 1.63 bits per heavy atom. The predicted octanol–water partition coefficient (Wildman–Crippen LogP) is 3.72. The van der Waals surface area contributed by atoms with E-state index in [1.807, 2.05) is 0 Å². The van der Waals surface area contributed by atoms with Crippen molar-refractivity contribution in [3.63, 3.8) is 0 Å². The Hall–Kier alpha value is 0.430. The van der Waals surface area contributed by atoms with E-state index in [0.717, 1.165) is 12.8 Å². The van der Waals surface area contributed by atoms with E-state index in [9.17, 15) is 4.79 Å². The fourth-order valence-electron chi connectivity index (χ4n) is 2.15. The van der Waals surface area contributed by atoms with Gasteiger partial charge < -0.3 is 10.8 Å². The van der Waals surface area contributed by atoms with E-state index in [2.05, 4.69) is 6.92 Å². The average molecular weight is 280 g/mol. The van der Waals surface area contributed by atoms with E-state index in [0.29, 0.717) is 6.42 Å². The van der Waals surface area contributed by atoms with E-state index in [1.165, 1.54) is 57.8 Å². The SMILES string of the molecule is CCCCCCCCCCCCC[C@H](N)C(=O)O.[Na]. The maximum Gasteiger partial charge on any atom is 0.320 e. The Balaban J connectivity index is 0. The molecule has 0 saturated carbocycles. The van der Waals surface area contributed by atoms with Gasteiger partial charge in [-0.05, 0) is 6.42 Å². The molecule has 3 N–H and O–H groups in total. The predicted molar refractivity (Wildman–Crippen MR) is 82.4 cm³/mol. The summed E-state index contributed by atoms with van der Waals surface area (Å²) in [5, 5.41) is 8.62. The molecule has 0 bridgehead atoms. The van der Waals surface area contributed by atoms with Crippen LogP contribution >= 0.6 is 0 Å². The number of nitrogens with two attached hydrogens (primary N) is 1. The van der Waals surface area contributed by atoms with Crippen LogP contribution in [0.5, 0.6) is 0 Å². The average Bonchev–Trinajstić information content (AvgIpc) is 2.35. The smallest absolute Gasteiger partial charge is 0.320 e. The van der Waals surface area contributed by atoms with Crippen molar-refractivity contribution in [2.45, 2.75) is 90.0 Å². The largest absolute Gasteiger partial charge is 0.480 e. The van der Waals surface area contributed by atoms with Crippen LogP contribution in [0.3, 0.4) is 0 Å². The molecule has 0 saturated heterocycles. The molecule has 0 rings (SSSR count). The zero-order valence-electron chi connectivity index (χ0n) is 13.0. The number of unbranched alkanes of at least 4 members (excludes halogenated alkanes) is 10. The van der Waals surface area contributed by atoms with Crippen LogP contribution < -0.4 is 5.73 Å². The second kappa shape index (κ2) is 16.5. The molecule has 0 aromatic rings. The summed E-state index contributed by atoms with van der Waals surface area (Å²) in [6, 6.07) is -0.663. The van der Waals surface area contributed by atoms with Crippen molar-refractivity contribution in [1.82, 2.24) is 0 Å². The molecule has 3 nitrogen and oxygen atoms in total. The molecule has 109 valence electrons. The van der Waals surface area contributed by atoms with E-state index < -0.39 is 12.0 Å². The van der Waals surface area contributed by atoms with Crippen molar-refractivity contribution in [2.24, 2.45) is 5.73 Å². The molecule has 0 aliphatic carbocycles. The van der Waals surface area contributed by atoms with Crippen molar-refractivity contribution in [1.29, 1.82) is 0 Å². The molecular weight excluding hydrogens is 249 g/mol. The quantitative estimate of drug-likeness (QED) is 0.399. The summed E-state index contributed by atoms with van der Waals surface area (Å²) in [7, 11) is 0. The van der Waals surface area contributed by atoms with E-state index >= 15 is 0 Å². The number of rotatable bonds is 13. The fourth-order valence-corrected chi connectivity index (χ4v) is 2.15. The zero-order chi connectivity index (χ0) is 13.6. The van der Waals surface area contributed by atoms with Gasteiger partial charge in [0.1, 0.15) is 6.04 Å². The van der Waals surface area contributed by atoms with Crippen LogP contribution in [-0.4, -0.2) is 46.7 Å². The number of carboxylic acid groups (broad SMARTS) is 1. The number of aliphatic carboxylic acids is 1. The van der Waals surface area contributed by atoms with Gasteiger partial charge in [-0.1, -0.05) is 77.6 Å². The first-order valence-corrected chi connectivity index (χ1v) is 7.67. The van der Waals surface area contributed by atoms with Gasteiger partial charge in [-0.2, -0.15) is 0 Å². The van der Waals surface area contributed by atoms with Crippen LogP contribution in [0.4, 0.5) is 0 Å². The third-order valence-corrected chi connectivity index (χ3v) is 3.44. The zero-order valence-corrected chi connectivity index (χ0v) is 15.0. The minimum Gasteiger partial charge on any atom is -0.480 e. The molecule has 0 aromatic carbocycles. The summed E-state index contributed by atoms with van der Waals surface area (Å²) in [4.78, 5) is 10.5. The summed E-state index contributed by atoms with van der Waals surface area (Å²) in [5.41, 5.74) is 5.44. The third kappa shape index (κ3) is 16.4. The van der Waals surface area contributed by atoms with Gasteiger partial charge in [0.15, 0.2) is 0 Å². The molecule has 4 heteroatoms. The molecule has 0 amide bonds. The molecule has 19 heavy (non-hydrogen) atoms. The van der Waals surface area contributed by atoms with Gasteiger partial charge in [-0.15, -0.1) is 0 Å². The maximum atomic E-state index is 10.5. The first-order valence-electron chi connectivity index (χ1n) is 7.67. The normalized spacial score (nSPS) is 11.9. The van der Waals surface area contributed by atoms with Crippen LogP contribution in [0.15, 0.2) is 0 Å². The monoisotopic (exact) mass is 280 g/mol. The molecule has 0 heterocycles. The summed E-state index contributed by atoms with van der Waals surface area (Å²) in [6.07, 6.45) is 14.7. The fraction of sp³-hybridized carbons (Fsp3) is 0.933. The summed E-state index contributed by atoms with van der Waals surface area (Å²) >= 11 is 0. The molecule has 0 fully saturated rings. The van der Waals surface area contributed by atoms with Gasteiger partial charge >= 0.3 is 5.97 Å². The van der Waals surface area contributed by atoms with Gasteiger partial charge in [-0.3, -0.25) is 4.79 Å². The van der Waals surface area contributed by atoms with Crippen molar-refractivity contribution in [3.05, 3.63) is 0 Å². The Morgan fingerprint density at radius 2 is 1.26 bits per heavy atom. The van der Waals surface area contributed by atoms with Gasteiger partial charge in [0.05, 0.1) is 0 Å². The van der Waals surface area contributed by atoms with Gasteiger partial charge in [0.2, 0.25) is 0 Å². The maximum absolute atomic E-state index is 10.5. The second-order valence-corrected chi connectivity index (χ2v) is 5.27. The molecule has 0 aliphatic heterocycles. The number of hydrogen-bond acceptors (Lipinski definition) is 2. The van der Waals surface area contributed by atoms with Crippen LogP contribution in [0.25, 0.3) is 0 Å². The molecule has 1 radical (unpaired) electrons. The minimum absolute atomic E-state index is 0. The first kappa shape index (κ1) is 21.7. The standard InChI is InChI=1S/C15H31NO2.Na/c1-2-3-4-5-6-7-8-9-10-11-12-13-14(16)15(17)18;/h14H,2-13,16H2,1H3,(H,17,18);/t14-;/m0./s1. The first-order chi connectivity index (χ1) is 8.68. The second-order valence-electron chi connectivity index (χ2n) is 5.27. The summed E-state index contributed by atoms with van der Waals surface area (Å²) in [6.45, 7) is 2.25. The van der Waals surface area contributed by atoms with Crippen molar-refractivity contribution >= 4 is 35.5 Å². The number of carboxylic acids is 1. The molecule has 0 aliphatic rings. The topological polar surface area (TPSA) is 63.3 Å². The molecule has 0 unspecified atom stereocenters. The Morgan fingerprint density at radius 1 is 0.895 bits per heavy atom. The number of carbonyl (C=O) groups is 1. The summed E-state index contributed by atoms with van der Waals surface area (Å²) < 4.78 is 0. The van der Waals surface area contributed by atoms with E-state index in [-0.39, 0.29) is 29.6 Å². The summed E-state index contributed by atoms with van der Waals surface area (Å²) in [5.74, 6) is -0.873. The van der Waals surface area contributed by atoms with Crippen LogP contribution in [0.2, 0.25) is 0 Å². The van der Waals surface area contributed by atoms with Crippen molar-refractivity contribution < 1.29 is 9.90 Å². The Bertz CT molecular complexity index is 201. The van der Waals surface area contributed by atoms with Gasteiger partial charge in [-0.25, -0.2) is 0 Å². The van der Waals surface area contributed by atoms with Crippen LogP contribution in [-0.2, 0) is 4.79 Å². The van der Waals surface area contributed by atoms with Crippen LogP contribution in [0.1, 0.15) is 84.0 Å². The van der Waals surface area contributed by atoms with Gasteiger partial charge in [0, 0.05) is 29.6 Å². The van der Waals surface area contributed by atoms with Gasteiger partial charge in [0.25, 0.3) is 0 Å². The molecule has 0 spiro atoms. The Kier molecular flexibility index (Phi) is 18.8. The molecule has 0 aromatic heterocycles. The molecular formula is C15H31NNaO2. The Labute approximate surface area is 141 Å². The van der Waals surface area contributed by atoms with Crippen molar-refractivity contribution in [3.8, 4) is 0 Å². The van der Waals surface area contributed by atoms with Crippen LogP contribution in [0, 0.1) is 0 Å². The molecule has 1 atom stereocenters. The van der Waals surface area contributed by atoms with E-state index in [4.69, 9.17) is 10.8 Å². The third-order valence-electron chi connectivity index (χ3n) is 3.44.